The Labute approximate surface area is 159 Å². The van der Waals surface area contributed by atoms with Crippen molar-refractivity contribution in [1.82, 2.24) is 0 Å². The van der Waals surface area contributed by atoms with Gasteiger partial charge in [-0.15, -0.1) is 0 Å². The summed E-state index contributed by atoms with van der Waals surface area (Å²) in [6.45, 7) is 1.43. The van der Waals surface area contributed by atoms with E-state index in [0.29, 0.717) is 11.4 Å². The lowest BCUT2D eigenvalue weighted by molar-refractivity contribution is -0.123. The van der Waals surface area contributed by atoms with Crippen LogP contribution in [0.1, 0.15) is 17.3 Å². The van der Waals surface area contributed by atoms with Gasteiger partial charge in [0.25, 0.3) is 5.91 Å². The Bertz CT molecular complexity index is 793. The Morgan fingerprint density at radius 3 is 2.20 bits per heavy atom. The molecular weight excluding hydrogens is 389 g/mol. The summed E-state index contributed by atoms with van der Waals surface area (Å²) in [5.74, 6) is -0.689. The van der Waals surface area contributed by atoms with Crippen LogP contribution in [0.15, 0.2) is 36.4 Å². The van der Waals surface area contributed by atoms with Gasteiger partial charge in [0.15, 0.2) is 6.10 Å². The number of halogens is 3. The summed E-state index contributed by atoms with van der Waals surface area (Å²) in [5.41, 5.74) is 0.451. The number of benzene rings is 2. The topological polar surface area (TPSA) is 64.6 Å². The van der Waals surface area contributed by atoms with E-state index in [1.807, 2.05) is 0 Å². The second-order valence-corrected chi connectivity index (χ2v) is 6.18. The molecule has 0 radical (unpaired) electrons. The van der Waals surface area contributed by atoms with Crippen LogP contribution in [0.5, 0.6) is 5.75 Å². The summed E-state index contributed by atoms with van der Waals surface area (Å²) in [4.78, 5) is 24.4. The number of anilines is 1. The first-order valence-corrected chi connectivity index (χ1v) is 8.26. The average Bonchev–Trinajstić information content (AvgIpc) is 2.59. The molecule has 0 aliphatic rings. The van der Waals surface area contributed by atoms with Gasteiger partial charge in [-0.1, -0.05) is 34.8 Å². The second-order valence-electron chi connectivity index (χ2n) is 4.98. The Hall–Kier alpha value is -1.95. The van der Waals surface area contributed by atoms with Crippen LogP contribution in [0.3, 0.4) is 0 Å². The number of carbonyl (C=O) groups is 2. The van der Waals surface area contributed by atoms with Crippen molar-refractivity contribution in [3.8, 4) is 5.75 Å². The van der Waals surface area contributed by atoms with E-state index in [9.17, 15) is 9.59 Å². The standard InChI is InChI=1S/C17H14Cl3NO4/c1-9(16(22)21-10-3-5-11(24-2)6-4-10)25-17(23)14-12(18)7-8-13(19)15(14)20/h3-9H,1-2H3,(H,21,22). The highest BCUT2D eigenvalue weighted by Gasteiger charge is 2.24. The molecule has 0 spiro atoms. The van der Waals surface area contributed by atoms with Gasteiger partial charge in [0.1, 0.15) is 5.75 Å². The fraction of sp³-hybridized carbons (Fsp3) is 0.176. The number of ether oxygens (including phenoxy) is 2. The van der Waals surface area contributed by atoms with E-state index in [-0.39, 0.29) is 20.6 Å². The number of carbonyl (C=O) groups excluding carboxylic acids is 2. The van der Waals surface area contributed by atoms with Crippen LogP contribution in [-0.4, -0.2) is 25.1 Å². The molecular formula is C17H14Cl3NO4. The number of methoxy groups -OCH3 is 1. The maximum atomic E-state index is 12.2. The maximum Gasteiger partial charge on any atom is 0.342 e. The number of amides is 1. The van der Waals surface area contributed by atoms with E-state index in [4.69, 9.17) is 44.3 Å². The molecule has 2 rings (SSSR count). The van der Waals surface area contributed by atoms with Gasteiger partial charge in [-0.3, -0.25) is 4.79 Å². The van der Waals surface area contributed by atoms with Crippen LogP contribution < -0.4 is 10.1 Å². The molecule has 1 atom stereocenters. The third-order valence-corrected chi connectivity index (χ3v) is 4.38. The minimum atomic E-state index is -1.07. The molecule has 2 aromatic rings. The predicted octanol–water partition coefficient (Wildman–Crippen LogP) is 4.84. The Morgan fingerprint density at radius 1 is 1.00 bits per heavy atom. The third kappa shape index (κ3) is 4.78. The summed E-state index contributed by atoms with van der Waals surface area (Å²) in [7, 11) is 1.54. The van der Waals surface area contributed by atoms with Crippen LogP contribution in [-0.2, 0) is 9.53 Å². The summed E-state index contributed by atoms with van der Waals surface area (Å²) in [6, 6.07) is 9.60. The van der Waals surface area contributed by atoms with E-state index in [1.165, 1.54) is 19.1 Å². The van der Waals surface area contributed by atoms with Crippen molar-refractivity contribution in [2.45, 2.75) is 13.0 Å². The molecule has 25 heavy (non-hydrogen) atoms. The highest BCUT2D eigenvalue weighted by atomic mass is 35.5. The minimum absolute atomic E-state index is 0.0260. The van der Waals surface area contributed by atoms with Gasteiger partial charge in [-0.2, -0.15) is 0 Å². The molecule has 0 heterocycles. The zero-order valence-corrected chi connectivity index (χ0v) is 15.6. The summed E-state index contributed by atoms with van der Waals surface area (Å²) in [5, 5.41) is 2.85. The van der Waals surface area contributed by atoms with Gasteiger partial charge >= 0.3 is 5.97 Å². The Balaban J connectivity index is 2.05. The zero-order chi connectivity index (χ0) is 18.6. The van der Waals surface area contributed by atoms with Crippen LogP contribution >= 0.6 is 34.8 Å². The van der Waals surface area contributed by atoms with E-state index < -0.39 is 18.0 Å². The van der Waals surface area contributed by atoms with Gasteiger partial charge in [0.2, 0.25) is 0 Å². The molecule has 1 N–H and O–H groups in total. The molecule has 1 unspecified atom stereocenters. The number of hydrogen-bond donors (Lipinski definition) is 1. The molecule has 0 bridgehead atoms. The number of hydrogen-bond acceptors (Lipinski definition) is 4. The summed E-state index contributed by atoms with van der Waals surface area (Å²) < 4.78 is 10.2. The summed E-state index contributed by atoms with van der Waals surface area (Å²) >= 11 is 17.8. The Morgan fingerprint density at radius 2 is 1.60 bits per heavy atom. The van der Waals surface area contributed by atoms with Crippen molar-refractivity contribution in [1.29, 1.82) is 0 Å². The number of esters is 1. The molecule has 2 aromatic carbocycles. The first-order valence-electron chi connectivity index (χ1n) is 7.13. The molecule has 0 aliphatic carbocycles. The van der Waals surface area contributed by atoms with E-state index >= 15 is 0 Å². The van der Waals surface area contributed by atoms with Crippen molar-refractivity contribution >= 4 is 52.4 Å². The van der Waals surface area contributed by atoms with Gasteiger partial charge in [0.05, 0.1) is 27.7 Å². The maximum absolute atomic E-state index is 12.2. The van der Waals surface area contributed by atoms with E-state index in [0.717, 1.165) is 0 Å². The van der Waals surface area contributed by atoms with Crippen LogP contribution in [0.2, 0.25) is 15.1 Å². The average molecular weight is 403 g/mol. The van der Waals surface area contributed by atoms with Gasteiger partial charge in [-0.25, -0.2) is 4.79 Å². The fourth-order valence-electron chi connectivity index (χ4n) is 1.91. The predicted molar refractivity (Wildman–Crippen MR) is 98.0 cm³/mol. The molecule has 0 aliphatic heterocycles. The van der Waals surface area contributed by atoms with E-state index in [2.05, 4.69) is 5.32 Å². The smallest absolute Gasteiger partial charge is 0.342 e. The van der Waals surface area contributed by atoms with Crippen LogP contribution in [0.4, 0.5) is 5.69 Å². The molecule has 1 amide bonds. The molecule has 0 aromatic heterocycles. The largest absolute Gasteiger partial charge is 0.497 e. The van der Waals surface area contributed by atoms with Crippen molar-refractivity contribution in [2.75, 3.05) is 12.4 Å². The lowest BCUT2D eigenvalue weighted by Crippen LogP contribution is -2.30. The minimum Gasteiger partial charge on any atom is -0.497 e. The first-order chi connectivity index (χ1) is 11.8. The molecule has 5 nitrogen and oxygen atoms in total. The van der Waals surface area contributed by atoms with Gasteiger partial charge in [0, 0.05) is 5.69 Å². The summed E-state index contributed by atoms with van der Waals surface area (Å²) in [6.07, 6.45) is -1.07. The quantitative estimate of drug-likeness (QED) is 0.574. The molecule has 0 saturated heterocycles. The molecule has 0 fully saturated rings. The fourth-order valence-corrected chi connectivity index (χ4v) is 2.59. The van der Waals surface area contributed by atoms with Crippen molar-refractivity contribution in [3.63, 3.8) is 0 Å². The molecule has 0 saturated carbocycles. The van der Waals surface area contributed by atoms with Gasteiger partial charge < -0.3 is 14.8 Å². The van der Waals surface area contributed by atoms with Crippen molar-refractivity contribution in [3.05, 3.63) is 57.0 Å². The highest BCUT2D eigenvalue weighted by Crippen LogP contribution is 2.32. The highest BCUT2D eigenvalue weighted by molar-refractivity contribution is 6.46. The monoisotopic (exact) mass is 401 g/mol. The number of nitrogens with one attached hydrogen (secondary N) is 1. The van der Waals surface area contributed by atoms with E-state index in [1.54, 1.807) is 31.4 Å². The Kier molecular flexibility index (Phi) is 6.53. The van der Waals surface area contributed by atoms with Crippen LogP contribution in [0, 0.1) is 0 Å². The first kappa shape index (κ1) is 19.4. The lowest BCUT2D eigenvalue weighted by atomic mass is 10.2. The molecule has 132 valence electrons. The van der Waals surface area contributed by atoms with Gasteiger partial charge in [-0.05, 0) is 43.3 Å². The third-order valence-electron chi connectivity index (χ3n) is 3.26. The van der Waals surface area contributed by atoms with Crippen molar-refractivity contribution < 1.29 is 19.1 Å². The lowest BCUT2D eigenvalue weighted by Gasteiger charge is -2.15. The molecule has 8 heteroatoms. The second kappa shape index (κ2) is 8.43. The number of rotatable bonds is 5. The SMILES string of the molecule is COc1ccc(NC(=O)C(C)OC(=O)c2c(Cl)ccc(Cl)c2Cl)cc1. The van der Waals surface area contributed by atoms with Crippen LogP contribution in [0.25, 0.3) is 0 Å². The van der Waals surface area contributed by atoms with Crippen molar-refractivity contribution in [2.24, 2.45) is 0 Å². The zero-order valence-electron chi connectivity index (χ0n) is 13.3. The normalized spacial score (nSPS) is 11.6.